The van der Waals surface area contributed by atoms with Crippen LogP contribution in [0.2, 0.25) is 0 Å². The molecule has 1 aliphatic rings. The summed E-state index contributed by atoms with van der Waals surface area (Å²) < 4.78 is 17.9. The highest BCUT2D eigenvalue weighted by molar-refractivity contribution is 5.90. The number of nitrogens with one attached hydrogen (secondary N) is 1. The van der Waals surface area contributed by atoms with E-state index in [-0.39, 0.29) is 5.97 Å². The maximum Gasteiger partial charge on any atom is 0.337 e. The summed E-state index contributed by atoms with van der Waals surface area (Å²) in [6.07, 6.45) is 3.59. The van der Waals surface area contributed by atoms with Gasteiger partial charge in [-0.05, 0) is 30.3 Å². The normalized spacial score (nSPS) is 12.6. The number of carbonyl (C=O) groups is 1. The number of ether oxygens (including phenoxy) is 3. The van der Waals surface area contributed by atoms with Crippen molar-refractivity contribution in [2.75, 3.05) is 25.6 Å². The van der Waals surface area contributed by atoms with E-state index in [1.54, 1.807) is 18.3 Å². The van der Waals surface area contributed by atoms with Gasteiger partial charge < -0.3 is 19.5 Å². The van der Waals surface area contributed by atoms with E-state index in [9.17, 15) is 4.79 Å². The van der Waals surface area contributed by atoms with Crippen molar-refractivity contribution in [3.63, 3.8) is 0 Å². The van der Waals surface area contributed by atoms with Gasteiger partial charge in [0.2, 0.25) is 5.78 Å². The second-order valence-corrected chi connectivity index (χ2v) is 6.65. The Labute approximate surface area is 172 Å². The quantitative estimate of drug-likeness (QED) is 0.521. The predicted molar refractivity (Wildman–Crippen MR) is 110 cm³/mol. The number of imidazole rings is 1. The van der Waals surface area contributed by atoms with Gasteiger partial charge in [-0.25, -0.2) is 14.8 Å². The summed E-state index contributed by atoms with van der Waals surface area (Å²) in [6.45, 7) is 1.07. The van der Waals surface area contributed by atoms with Gasteiger partial charge in [-0.3, -0.25) is 4.40 Å². The van der Waals surface area contributed by atoms with Crippen LogP contribution in [-0.2, 0) is 4.74 Å². The van der Waals surface area contributed by atoms with Gasteiger partial charge in [0.1, 0.15) is 24.7 Å². The highest BCUT2D eigenvalue weighted by Crippen LogP contribution is 2.36. The second-order valence-electron chi connectivity index (χ2n) is 6.65. The summed E-state index contributed by atoms with van der Waals surface area (Å²) in [5.41, 5.74) is 2.86. The van der Waals surface area contributed by atoms with Crippen LogP contribution < -0.4 is 14.8 Å². The molecule has 5 rings (SSSR count). The SMILES string of the molecule is COC(=O)c1ccc(-c2nc3ncccn3c2Nc2ccc3c(c2)OCCO3)cc1. The van der Waals surface area contributed by atoms with Crippen molar-refractivity contribution < 1.29 is 19.0 Å². The Morgan fingerprint density at radius 1 is 1.10 bits per heavy atom. The largest absolute Gasteiger partial charge is 0.486 e. The summed E-state index contributed by atoms with van der Waals surface area (Å²) in [7, 11) is 1.36. The Morgan fingerprint density at radius 2 is 1.90 bits per heavy atom. The number of hydrogen-bond acceptors (Lipinski definition) is 7. The third-order valence-corrected chi connectivity index (χ3v) is 4.79. The van der Waals surface area contributed by atoms with E-state index in [0.29, 0.717) is 36.0 Å². The molecular formula is C22H18N4O4. The van der Waals surface area contributed by atoms with Crippen molar-refractivity contribution in [3.8, 4) is 22.8 Å². The number of carbonyl (C=O) groups excluding carboxylic acids is 1. The molecule has 1 aliphatic heterocycles. The highest BCUT2D eigenvalue weighted by atomic mass is 16.6. The lowest BCUT2D eigenvalue weighted by Crippen LogP contribution is -2.15. The molecule has 0 aliphatic carbocycles. The van der Waals surface area contributed by atoms with Gasteiger partial charge in [-0.15, -0.1) is 0 Å². The van der Waals surface area contributed by atoms with Crippen molar-refractivity contribution >= 4 is 23.3 Å². The van der Waals surface area contributed by atoms with Crippen LogP contribution in [0.25, 0.3) is 17.0 Å². The fraction of sp³-hybridized carbons (Fsp3) is 0.136. The third kappa shape index (κ3) is 3.18. The minimum absolute atomic E-state index is 0.382. The Balaban J connectivity index is 1.57. The molecule has 0 amide bonds. The lowest BCUT2D eigenvalue weighted by molar-refractivity contribution is 0.0601. The maximum absolute atomic E-state index is 11.7. The van der Waals surface area contributed by atoms with Gasteiger partial charge >= 0.3 is 5.97 Å². The minimum Gasteiger partial charge on any atom is -0.486 e. The van der Waals surface area contributed by atoms with Crippen LogP contribution in [0.5, 0.6) is 11.5 Å². The molecule has 8 heteroatoms. The molecule has 8 nitrogen and oxygen atoms in total. The Bertz CT molecular complexity index is 1230. The molecule has 0 fully saturated rings. The number of rotatable bonds is 4. The topological polar surface area (TPSA) is 87.0 Å². The molecule has 0 unspecified atom stereocenters. The lowest BCUT2D eigenvalue weighted by atomic mass is 10.1. The first-order valence-electron chi connectivity index (χ1n) is 9.41. The van der Waals surface area contributed by atoms with Crippen molar-refractivity contribution in [2.45, 2.75) is 0 Å². The zero-order valence-electron chi connectivity index (χ0n) is 16.2. The van der Waals surface area contributed by atoms with E-state index < -0.39 is 0 Å². The van der Waals surface area contributed by atoms with Gasteiger partial charge in [0, 0.05) is 29.7 Å². The van der Waals surface area contributed by atoms with Crippen LogP contribution in [-0.4, -0.2) is 40.7 Å². The Kier molecular flexibility index (Phi) is 4.44. The lowest BCUT2D eigenvalue weighted by Gasteiger charge is -2.19. The van der Waals surface area contributed by atoms with Crippen molar-refractivity contribution in [2.24, 2.45) is 0 Å². The molecule has 2 aromatic heterocycles. The average Bonchev–Trinajstić information content (AvgIpc) is 3.17. The monoisotopic (exact) mass is 402 g/mol. The smallest absolute Gasteiger partial charge is 0.337 e. The summed E-state index contributed by atoms with van der Waals surface area (Å²) in [6, 6.07) is 14.6. The summed E-state index contributed by atoms with van der Waals surface area (Å²) in [5.74, 6) is 2.35. The molecule has 0 bridgehead atoms. The number of fused-ring (bicyclic) bond motifs is 2. The third-order valence-electron chi connectivity index (χ3n) is 4.79. The molecule has 0 atom stereocenters. The number of anilines is 2. The number of benzene rings is 2. The molecule has 0 spiro atoms. The van der Waals surface area contributed by atoms with Crippen LogP contribution in [0.1, 0.15) is 10.4 Å². The number of aromatic nitrogens is 3. The molecule has 2 aromatic carbocycles. The van der Waals surface area contributed by atoms with E-state index >= 15 is 0 Å². The van der Waals surface area contributed by atoms with E-state index in [2.05, 4.69) is 15.3 Å². The second kappa shape index (κ2) is 7.40. The first kappa shape index (κ1) is 18.0. The summed E-state index contributed by atoms with van der Waals surface area (Å²) >= 11 is 0. The number of nitrogens with zero attached hydrogens (tertiary/aromatic N) is 3. The van der Waals surface area contributed by atoms with Crippen molar-refractivity contribution in [3.05, 3.63) is 66.5 Å². The predicted octanol–water partition coefficient (Wildman–Crippen LogP) is 3.70. The molecule has 4 aromatic rings. The first-order chi connectivity index (χ1) is 14.7. The van der Waals surface area contributed by atoms with E-state index in [1.807, 2.05) is 47.0 Å². The molecule has 3 heterocycles. The van der Waals surface area contributed by atoms with Crippen molar-refractivity contribution in [1.29, 1.82) is 0 Å². The Hall–Kier alpha value is -4.07. The van der Waals surface area contributed by atoms with Crippen LogP contribution >= 0.6 is 0 Å². The molecule has 1 N–H and O–H groups in total. The molecule has 150 valence electrons. The van der Waals surface area contributed by atoms with E-state index in [1.165, 1.54) is 7.11 Å². The standard InChI is InChI=1S/C22H18N4O4/c1-28-21(27)15-5-3-14(4-6-15)19-20(26-10-2-9-23-22(26)25-19)24-16-7-8-17-18(13-16)30-12-11-29-17/h2-10,13,24H,11-12H2,1H3. The maximum atomic E-state index is 11.7. The number of esters is 1. The van der Waals surface area contributed by atoms with Gasteiger partial charge in [0.15, 0.2) is 11.5 Å². The van der Waals surface area contributed by atoms with Crippen LogP contribution in [0.4, 0.5) is 11.5 Å². The fourth-order valence-electron chi connectivity index (χ4n) is 3.35. The van der Waals surface area contributed by atoms with E-state index in [0.717, 1.165) is 22.8 Å². The zero-order valence-corrected chi connectivity index (χ0v) is 16.2. The van der Waals surface area contributed by atoms with Crippen molar-refractivity contribution in [1.82, 2.24) is 14.4 Å². The van der Waals surface area contributed by atoms with E-state index in [4.69, 9.17) is 14.2 Å². The average molecular weight is 402 g/mol. The number of methoxy groups -OCH3 is 1. The molecule has 0 radical (unpaired) electrons. The highest BCUT2D eigenvalue weighted by Gasteiger charge is 2.18. The minimum atomic E-state index is -0.382. The fourth-order valence-corrected chi connectivity index (χ4v) is 3.35. The van der Waals surface area contributed by atoms with Gasteiger partial charge in [0.05, 0.1) is 12.7 Å². The van der Waals surface area contributed by atoms with Gasteiger partial charge in [0.25, 0.3) is 0 Å². The van der Waals surface area contributed by atoms with Crippen LogP contribution in [0.3, 0.4) is 0 Å². The van der Waals surface area contributed by atoms with Gasteiger partial charge in [-0.1, -0.05) is 12.1 Å². The first-order valence-corrected chi connectivity index (χ1v) is 9.41. The van der Waals surface area contributed by atoms with Crippen LogP contribution in [0.15, 0.2) is 60.9 Å². The molecular weight excluding hydrogens is 384 g/mol. The Morgan fingerprint density at radius 3 is 2.70 bits per heavy atom. The zero-order chi connectivity index (χ0) is 20.5. The molecule has 30 heavy (non-hydrogen) atoms. The number of hydrogen-bond donors (Lipinski definition) is 1. The van der Waals surface area contributed by atoms with Gasteiger partial charge in [-0.2, -0.15) is 0 Å². The molecule has 0 saturated heterocycles. The summed E-state index contributed by atoms with van der Waals surface area (Å²) in [4.78, 5) is 20.8. The summed E-state index contributed by atoms with van der Waals surface area (Å²) in [5, 5.41) is 3.43. The molecule has 0 saturated carbocycles. The van der Waals surface area contributed by atoms with Crippen LogP contribution in [0, 0.1) is 0 Å².